The van der Waals surface area contributed by atoms with Crippen LogP contribution >= 0.6 is 22.6 Å². The summed E-state index contributed by atoms with van der Waals surface area (Å²) in [5.74, 6) is -0.363. The van der Waals surface area contributed by atoms with E-state index < -0.39 is 24.0 Å². The summed E-state index contributed by atoms with van der Waals surface area (Å²) in [5, 5.41) is 5.56. The normalized spacial score (nSPS) is 15.2. The molecule has 1 atom stereocenters. The standard InChI is InChI=1S/C24H25IN2O7/c1-4-32-17-12-15(11-16(25)22(17)34-13-18(28)31-3)21-19(23(29)33-5-2)20(26-24(30)27-21)14-9-7-6-8-10-14/h6-12,21H,4-5,13H2,1-3H3,(H2,26,27,30)/t21-/m1/s1. The Morgan fingerprint density at radius 3 is 2.44 bits per heavy atom. The van der Waals surface area contributed by atoms with Gasteiger partial charge in [-0.2, -0.15) is 0 Å². The molecule has 0 fully saturated rings. The van der Waals surface area contributed by atoms with Crippen molar-refractivity contribution in [2.45, 2.75) is 19.9 Å². The maximum absolute atomic E-state index is 13.1. The van der Waals surface area contributed by atoms with E-state index in [0.717, 1.165) is 0 Å². The summed E-state index contributed by atoms with van der Waals surface area (Å²) in [5.41, 5.74) is 1.88. The van der Waals surface area contributed by atoms with Gasteiger partial charge in [0.2, 0.25) is 0 Å². The summed E-state index contributed by atoms with van der Waals surface area (Å²) >= 11 is 2.05. The van der Waals surface area contributed by atoms with Gasteiger partial charge in [-0.3, -0.25) is 0 Å². The van der Waals surface area contributed by atoms with Crippen LogP contribution in [-0.2, 0) is 19.1 Å². The van der Waals surface area contributed by atoms with E-state index in [1.54, 1.807) is 31.2 Å². The van der Waals surface area contributed by atoms with Crippen LogP contribution < -0.4 is 20.1 Å². The van der Waals surface area contributed by atoms with Crippen molar-refractivity contribution in [1.82, 2.24) is 10.6 Å². The molecule has 0 aromatic heterocycles. The number of hydrogen-bond acceptors (Lipinski definition) is 7. The first-order valence-electron chi connectivity index (χ1n) is 10.6. The van der Waals surface area contributed by atoms with E-state index in [4.69, 9.17) is 14.2 Å². The van der Waals surface area contributed by atoms with Gasteiger partial charge in [-0.15, -0.1) is 0 Å². The monoisotopic (exact) mass is 580 g/mol. The van der Waals surface area contributed by atoms with Gasteiger partial charge in [-0.05, 0) is 59.7 Å². The van der Waals surface area contributed by atoms with Gasteiger partial charge in [0, 0.05) is 0 Å². The number of halogens is 1. The third-order valence-corrected chi connectivity index (χ3v) is 5.66. The van der Waals surface area contributed by atoms with Gasteiger partial charge in [0.25, 0.3) is 0 Å². The molecule has 0 saturated carbocycles. The number of nitrogens with one attached hydrogen (secondary N) is 2. The molecule has 0 aliphatic carbocycles. The summed E-state index contributed by atoms with van der Waals surface area (Å²) in [7, 11) is 1.27. The molecule has 180 valence electrons. The number of ether oxygens (including phenoxy) is 4. The topological polar surface area (TPSA) is 112 Å². The van der Waals surface area contributed by atoms with Gasteiger partial charge in [0.15, 0.2) is 18.1 Å². The number of carbonyl (C=O) groups excluding carboxylic acids is 3. The van der Waals surface area contributed by atoms with Crippen molar-refractivity contribution in [2.24, 2.45) is 0 Å². The molecule has 34 heavy (non-hydrogen) atoms. The van der Waals surface area contributed by atoms with Crippen LogP contribution in [0.25, 0.3) is 5.70 Å². The van der Waals surface area contributed by atoms with Crippen molar-refractivity contribution in [3.63, 3.8) is 0 Å². The molecular formula is C24H25IN2O7. The molecule has 1 heterocycles. The van der Waals surface area contributed by atoms with Crippen LogP contribution in [0.1, 0.15) is 31.0 Å². The lowest BCUT2D eigenvalue weighted by Gasteiger charge is -2.30. The molecule has 1 aliphatic heterocycles. The smallest absolute Gasteiger partial charge is 0.343 e. The first-order valence-corrected chi connectivity index (χ1v) is 11.7. The molecule has 1 aliphatic rings. The molecule has 2 amide bonds. The first-order chi connectivity index (χ1) is 16.4. The zero-order valence-electron chi connectivity index (χ0n) is 19.0. The Labute approximate surface area is 210 Å². The average molecular weight is 580 g/mol. The van der Waals surface area contributed by atoms with Crippen LogP contribution in [0.4, 0.5) is 4.79 Å². The Morgan fingerprint density at radius 1 is 1.06 bits per heavy atom. The van der Waals surface area contributed by atoms with E-state index in [2.05, 4.69) is 38.0 Å². The Kier molecular flexibility index (Phi) is 8.74. The Bertz CT molecular complexity index is 1100. The van der Waals surface area contributed by atoms with Gasteiger partial charge >= 0.3 is 18.0 Å². The Hall–Kier alpha value is -3.28. The minimum atomic E-state index is -0.814. The number of methoxy groups -OCH3 is 1. The maximum atomic E-state index is 13.1. The average Bonchev–Trinajstić information content (AvgIpc) is 2.83. The second-order valence-electron chi connectivity index (χ2n) is 7.03. The second kappa shape index (κ2) is 11.7. The summed E-state index contributed by atoms with van der Waals surface area (Å²) in [4.78, 5) is 37.2. The van der Waals surface area contributed by atoms with Crippen LogP contribution in [0.5, 0.6) is 11.5 Å². The molecule has 9 nitrogen and oxygen atoms in total. The highest BCUT2D eigenvalue weighted by molar-refractivity contribution is 14.1. The molecule has 0 saturated heterocycles. The van der Waals surface area contributed by atoms with Crippen molar-refractivity contribution < 1.29 is 33.3 Å². The summed E-state index contributed by atoms with van der Waals surface area (Å²) in [6.45, 7) is 3.75. The van der Waals surface area contributed by atoms with Crippen LogP contribution in [0.3, 0.4) is 0 Å². The van der Waals surface area contributed by atoms with Crippen molar-refractivity contribution >= 4 is 46.3 Å². The summed E-state index contributed by atoms with van der Waals surface area (Å²) in [6.07, 6.45) is 0. The predicted molar refractivity (Wildman–Crippen MR) is 132 cm³/mol. The van der Waals surface area contributed by atoms with Gasteiger partial charge in [-0.1, -0.05) is 30.3 Å². The summed E-state index contributed by atoms with van der Waals surface area (Å²) in [6, 6.07) is 11.2. The zero-order chi connectivity index (χ0) is 24.7. The zero-order valence-corrected chi connectivity index (χ0v) is 21.1. The highest BCUT2D eigenvalue weighted by Gasteiger charge is 2.35. The lowest BCUT2D eigenvalue weighted by Crippen LogP contribution is -2.45. The van der Waals surface area contributed by atoms with E-state index in [1.165, 1.54) is 7.11 Å². The van der Waals surface area contributed by atoms with Gasteiger partial charge in [-0.25, -0.2) is 14.4 Å². The molecule has 0 spiro atoms. The van der Waals surface area contributed by atoms with E-state index >= 15 is 0 Å². The van der Waals surface area contributed by atoms with Crippen LogP contribution in [0, 0.1) is 3.57 Å². The molecule has 0 radical (unpaired) electrons. The number of carbonyl (C=O) groups is 3. The quantitative estimate of drug-likeness (QED) is 0.345. The van der Waals surface area contributed by atoms with Crippen LogP contribution in [0.2, 0.25) is 0 Å². The minimum absolute atomic E-state index is 0.174. The van der Waals surface area contributed by atoms with Crippen molar-refractivity contribution in [1.29, 1.82) is 0 Å². The van der Waals surface area contributed by atoms with E-state index in [1.807, 2.05) is 25.1 Å². The van der Waals surface area contributed by atoms with E-state index in [9.17, 15) is 14.4 Å². The van der Waals surface area contributed by atoms with Crippen molar-refractivity contribution in [3.05, 3.63) is 62.7 Å². The maximum Gasteiger partial charge on any atom is 0.343 e. The molecule has 10 heteroatoms. The number of benzene rings is 2. The predicted octanol–water partition coefficient (Wildman–Crippen LogP) is 3.57. The highest BCUT2D eigenvalue weighted by atomic mass is 127. The second-order valence-corrected chi connectivity index (χ2v) is 8.20. The first kappa shape index (κ1) is 25.3. The van der Waals surface area contributed by atoms with Gasteiger partial charge in [0.1, 0.15) is 0 Å². The number of rotatable bonds is 9. The van der Waals surface area contributed by atoms with Gasteiger partial charge in [0.05, 0.1) is 41.2 Å². The molecule has 2 aromatic rings. The molecule has 2 N–H and O–H groups in total. The fourth-order valence-electron chi connectivity index (χ4n) is 3.42. The van der Waals surface area contributed by atoms with E-state index in [0.29, 0.717) is 38.5 Å². The van der Waals surface area contributed by atoms with Crippen LogP contribution in [-0.4, -0.2) is 44.9 Å². The van der Waals surface area contributed by atoms with Crippen LogP contribution in [0.15, 0.2) is 48.0 Å². The number of hydrogen-bond donors (Lipinski definition) is 2. The third kappa shape index (κ3) is 5.79. The number of esters is 2. The molecule has 0 bridgehead atoms. The Balaban J connectivity index is 2.14. The third-order valence-electron chi connectivity index (χ3n) is 4.86. The molecule has 2 aromatic carbocycles. The molecule has 0 unspecified atom stereocenters. The Morgan fingerprint density at radius 2 is 1.79 bits per heavy atom. The highest BCUT2D eigenvalue weighted by Crippen LogP contribution is 2.39. The van der Waals surface area contributed by atoms with Gasteiger partial charge < -0.3 is 29.6 Å². The fraction of sp³-hybridized carbons (Fsp3) is 0.292. The lowest BCUT2D eigenvalue weighted by atomic mass is 9.92. The minimum Gasteiger partial charge on any atom is -0.490 e. The number of amides is 2. The van der Waals surface area contributed by atoms with E-state index in [-0.39, 0.29) is 18.8 Å². The fourth-order valence-corrected chi connectivity index (χ4v) is 4.20. The lowest BCUT2D eigenvalue weighted by molar-refractivity contribution is -0.143. The van der Waals surface area contributed by atoms with Crippen molar-refractivity contribution in [3.8, 4) is 11.5 Å². The SMILES string of the molecule is CCOC(=O)C1=C(c2ccccc2)NC(=O)N[C@@H]1c1cc(I)c(OCC(=O)OC)c(OCC)c1. The van der Waals surface area contributed by atoms with Crippen molar-refractivity contribution in [2.75, 3.05) is 26.9 Å². The molecular weight excluding hydrogens is 555 g/mol. The summed E-state index contributed by atoms with van der Waals surface area (Å²) < 4.78 is 22.0. The largest absolute Gasteiger partial charge is 0.490 e. The number of urea groups is 1. The molecule has 3 rings (SSSR count).